The van der Waals surface area contributed by atoms with Crippen LogP contribution in [0.2, 0.25) is 0 Å². The Labute approximate surface area is 125 Å². The molecule has 1 aliphatic rings. The molecule has 21 heavy (non-hydrogen) atoms. The van der Waals surface area contributed by atoms with E-state index in [1.54, 1.807) is 24.2 Å². The number of likely N-dealkylation sites (N-methyl/N-ethyl adjacent to an activating group) is 1. The Morgan fingerprint density at radius 3 is 2.81 bits per heavy atom. The second-order valence-corrected chi connectivity index (χ2v) is 5.24. The molecular formula is C16H20N4O. The molecule has 1 amide bonds. The summed E-state index contributed by atoms with van der Waals surface area (Å²) in [5, 5.41) is 12.1. The smallest absolute Gasteiger partial charge is 0.266 e. The zero-order chi connectivity index (χ0) is 15.1. The molecule has 0 aromatic carbocycles. The molecule has 1 saturated carbocycles. The van der Waals surface area contributed by atoms with Gasteiger partial charge in [-0.15, -0.1) is 0 Å². The molecule has 110 valence electrons. The number of hydrogen-bond acceptors (Lipinski definition) is 4. The fourth-order valence-electron chi connectivity index (χ4n) is 2.56. The maximum Gasteiger partial charge on any atom is 0.266 e. The molecule has 0 spiro atoms. The van der Waals surface area contributed by atoms with Crippen LogP contribution < -0.4 is 5.32 Å². The second kappa shape index (κ2) is 7.44. The minimum atomic E-state index is -0.229. The van der Waals surface area contributed by atoms with Crippen LogP contribution in [0.1, 0.15) is 32.1 Å². The van der Waals surface area contributed by atoms with Crippen LogP contribution in [-0.4, -0.2) is 28.9 Å². The lowest BCUT2D eigenvalue weighted by molar-refractivity contribution is -0.128. The van der Waals surface area contributed by atoms with Crippen LogP contribution in [0.5, 0.6) is 0 Å². The van der Waals surface area contributed by atoms with Gasteiger partial charge < -0.3 is 10.2 Å². The lowest BCUT2D eigenvalue weighted by Crippen LogP contribution is -2.39. The maximum absolute atomic E-state index is 12.4. The second-order valence-electron chi connectivity index (χ2n) is 5.24. The lowest BCUT2D eigenvalue weighted by atomic mass is 9.94. The van der Waals surface area contributed by atoms with E-state index in [-0.39, 0.29) is 17.5 Å². The van der Waals surface area contributed by atoms with Crippen LogP contribution in [0.25, 0.3) is 0 Å². The van der Waals surface area contributed by atoms with Gasteiger partial charge in [-0.25, -0.2) is 4.98 Å². The van der Waals surface area contributed by atoms with Crippen molar-refractivity contribution < 1.29 is 4.79 Å². The largest absolute Gasteiger partial charge is 0.345 e. The van der Waals surface area contributed by atoms with Crippen LogP contribution in [0.15, 0.2) is 36.2 Å². The summed E-state index contributed by atoms with van der Waals surface area (Å²) in [6.45, 7) is 0. The highest BCUT2D eigenvalue weighted by Crippen LogP contribution is 2.22. The van der Waals surface area contributed by atoms with Gasteiger partial charge in [-0.3, -0.25) is 4.79 Å². The predicted molar refractivity (Wildman–Crippen MR) is 81.2 cm³/mol. The molecule has 0 bridgehead atoms. The van der Waals surface area contributed by atoms with Crippen LogP contribution in [0, 0.1) is 11.3 Å². The Kier molecular flexibility index (Phi) is 5.33. The van der Waals surface area contributed by atoms with E-state index >= 15 is 0 Å². The van der Waals surface area contributed by atoms with Gasteiger partial charge in [0, 0.05) is 25.5 Å². The van der Waals surface area contributed by atoms with Gasteiger partial charge in [0.2, 0.25) is 0 Å². The lowest BCUT2D eigenvalue weighted by Gasteiger charge is -2.31. The predicted octanol–water partition coefficient (Wildman–Crippen LogP) is 2.69. The molecule has 0 unspecified atom stereocenters. The number of nitrogens with zero attached hydrogens (tertiary/aromatic N) is 3. The van der Waals surface area contributed by atoms with Crippen molar-refractivity contribution in [2.24, 2.45) is 0 Å². The van der Waals surface area contributed by atoms with E-state index in [1.165, 1.54) is 12.6 Å². The number of pyridine rings is 1. The first-order valence-electron chi connectivity index (χ1n) is 7.27. The average Bonchev–Trinajstić information content (AvgIpc) is 2.56. The highest BCUT2D eigenvalue weighted by atomic mass is 16.2. The molecule has 0 radical (unpaired) electrons. The van der Waals surface area contributed by atoms with Crippen molar-refractivity contribution in [2.45, 2.75) is 38.1 Å². The Morgan fingerprint density at radius 2 is 2.19 bits per heavy atom. The first-order chi connectivity index (χ1) is 10.2. The van der Waals surface area contributed by atoms with Crippen LogP contribution >= 0.6 is 0 Å². The fourth-order valence-corrected chi connectivity index (χ4v) is 2.56. The quantitative estimate of drug-likeness (QED) is 0.681. The van der Waals surface area contributed by atoms with E-state index in [9.17, 15) is 10.1 Å². The van der Waals surface area contributed by atoms with Gasteiger partial charge in [-0.05, 0) is 25.0 Å². The first kappa shape index (κ1) is 15.0. The molecule has 1 aromatic heterocycles. The summed E-state index contributed by atoms with van der Waals surface area (Å²) in [5.41, 5.74) is 0.105. The summed E-state index contributed by atoms with van der Waals surface area (Å²) in [5.74, 6) is 0.381. The first-order valence-corrected chi connectivity index (χ1v) is 7.27. The highest BCUT2D eigenvalue weighted by molar-refractivity contribution is 5.97. The molecule has 0 aliphatic heterocycles. The van der Waals surface area contributed by atoms with Crippen molar-refractivity contribution in [3.63, 3.8) is 0 Å². The Morgan fingerprint density at radius 1 is 1.43 bits per heavy atom. The molecule has 0 atom stereocenters. The molecule has 0 saturated heterocycles. The number of anilines is 1. The molecule has 5 heteroatoms. The van der Waals surface area contributed by atoms with Gasteiger partial charge in [0.15, 0.2) is 0 Å². The third-order valence-electron chi connectivity index (χ3n) is 3.82. The zero-order valence-corrected chi connectivity index (χ0v) is 12.2. The number of carbonyl (C=O) groups is 1. The monoisotopic (exact) mass is 284 g/mol. The maximum atomic E-state index is 12.4. The van der Waals surface area contributed by atoms with Gasteiger partial charge in [-0.1, -0.05) is 25.3 Å². The number of amides is 1. The summed E-state index contributed by atoms with van der Waals surface area (Å²) < 4.78 is 0. The van der Waals surface area contributed by atoms with Gasteiger partial charge in [0.25, 0.3) is 5.91 Å². The number of nitriles is 1. The molecule has 5 nitrogen and oxygen atoms in total. The summed E-state index contributed by atoms with van der Waals surface area (Å²) >= 11 is 0. The van der Waals surface area contributed by atoms with Gasteiger partial charge in [0.05, 0.1) is 0 Å². The summed E-state index contributed by atoms with van der Waals surface area (Å²) in [6, 6.07) is 7.64. The molecule has 1 heterocycles. The normalized spacial score (nSPS) is 16.1. The average molecular weight is 284 g/mol. The Hall–Kier alpha value is -2.35. The van der Waals surface area contributed by atoms with E-state index in [4.69, 9.17) is 0 Å². The van der Waals surface area contributed by atoms with Crippen molar-refractivity contribution in [3.05, 3.63) is 36.2 Å². The van der Waals surface area contributed by atoms with Crippen LogP contribution in [-0.2, 0) is 4.79 Å². The molecule has 1 N–H and O–H groups in total. The molecule has 2 rings (SSSR count). The molecule has 1 aliphatic carbocycles. The topological polar surface area (TPSA) is 69.0 Å². The SMILES string of the molecule is CN(C(=O)/C(C#N)=C\Nc1ccccn1)C1CCCCC1. The number of hydrogen-bond donors (Lipinski definition) is 1. The fraction of sp³-hybridized carbons (Fsp3) is 0.438. The zero-order valence-electron chi connectivity index (χ0n) is 12.2. The van der Waals surface area contributed by atoms with Crippen molar-refractivity contribution in [3.8, 4) is 6.07 Å². The third-order valence-corrected chi connectivity index (χ3v) is 3.82. The standard InChI is InChI=1S/C16H20N4O/c1-20(14-7-3-2-4-8-14)16(21)13(11-17)12-19-15-9-5-6-10-18-15/h5-6,9-10,12,14H,2-4,7-8H2,1H3,(H,18,19)/b13-12-. The Bertz CT molecular complexity index is 541. The van der Waals surface area contributed by atoms with Crippen molar-refractivity contribution >= 4 is 11.7 Å². The Balaban J connectivity index is 2.02. The van der Waals surface area contributed by atoms with Crippen molar-refractivity contribution in [1.82, 2.24) is 9.88 Å². The van der Waals surface area contributed by atoms with E-state index in [1.807, 2.05) is 18.2 Å². The number of aromatic nitrogens is 1. The van der Waals surface area contributed by atoms with E-state index < -0.39 is 0 Å². The third kappa shape index (κ3) is 4.06. The van der Waals surface area contributed by atoms with Crippen LogP contribution in [0.4, 0.5) is 5.82 Å². The van der Waals surface area contributed by atoms with Crippen LogP contribution in [0.3, 0.4) is 0 Å². The number of nitrogens with one attached hydrogen (secondary N) is 1. The molecular weight excluding hydrogens is 264 g/mol. The van der Waals surface area contributed by atoms with Gasteiger partial charge >= 0.3 is 0 Å². The summed E-state index contributed by atoms with van der Waals surface area (Å²) in [6.07, 6.45) is 8.67. The van der Waals surface area contributed by atoms with E-state index in [0.29, 0.717) is 5.82 Å². The van der Waals surface area contributed by atoms with E-state index in [2.05, 4.69) is 10.3 Å². The minimum Gasteiger partial charge on any atom is -0.345 e. The van der Waals surface area contributed by atoms with Gasteiger partial charge in [-0.2, -0.15) is 5.26 Å². The van der Waals surface area contributed by atoms with Crippen molar-refractivity contribution in [1.29, 1.82) is 5.26 Å². The molecule has 1 aromatic rings. The number of rotatable bonds is 4. The highest BCUT2D eigenvalue weighted by Gasteiger charge is 2.24. The van der Waals surface area contributed by atoms with Crippen molar-refractivity contribution in [2.75, 3.05) is 12.4 Å². The summed E-state index contributed by atoms with van der Waals surface area (Å²) in [4.78, 5) is 18.2. The summed E-state index contributed by atoms with van der Waals surface area (Å²) in [7, 11) is 1.78. The number of carbonyl (C=O) groups excluding carboxylic acids is 1. The molecule has 1 fully saturated rings. The van der Waals surface area contributed by atoms with Gasteiger partial charge in [0.1, 0.15) is 17.5 Å². The minimum absolute atomic E-state index is 0.105. The van der Waals surface area contributed by atoms with E-state index in [0.717, 1.165) is 25.7 Å².